The normalized spacial score (nSPS) is 27.4. The molecule has 1 heterocycles. The number of rotatable bonds is 6. The highest BCUT2D eigenvalue weighted by atomic mass is 16.5. The maximum atomic E-state index is 5.67. The molecule has 1 fully saturated rings. The van der Waals surface area contributed by atoms with Crippen LogP contribution in [0.2, 0.25) is 0 Å². The Hall–Kier alpha value is -0.120. The van der Waals surface area contributed by atoms with Gasteiger partial charge in [0.25, 0.3) is 0 Å². The highest BCUT2D eigenvalue weighted by molar-refractivity contribution is 4.82. The van der Waals surface area contributed by atoms with Crippen molar-refractivity contribution in [2.45, 2.75) is 38.8 Å². The zero-order chi connectivity index (χ0) is 10.4. The van der Waals surface area contributed by atoms with E-state index in [1.54, 1.807) is 7.11 Å². The van der Waals surface area contributed by atoms with Gasteiger partial charge in [0.15, 0.2) is 0 Å². The van der Waals surface area contributed by atoms with Crippen LogP contribution in [-0.2, 0) is 9.47 Å². The van der Waals surface area contributed by atoms with Crippen LogP contribution in [-0.4, -0.2) is 39.0 Å². The first kappa shape index (κ1) is 12.0. The third-order valence-corrected chi connectivity index (χ3v) is 2.58. The lowest BCUT2D eigenvalue weighted by Gasteiger charge is -2.13. The van der Waals surface area contributed by atoms with Crippen molar-refractivity contribution in [3.63, 3.8) is 0 Å². The van der Waals surface area contributed by atoms with E-state index in [9.17, 15) is 0 Å². The molecule has 1 saturated heterocycles. The van der Waals surface area contributed by atoms with Gasteiger partial charge in [0.05, 0.1) is 19.3 Å². The molecular weight excluding hydrogens is 178 g/mol. The molecule has 0 aromatic heterocycles. The van der Waals surface area contributed by atoms with Crippen LogP contribution in [0.1, 0.15) is 26.7 Å². The van der Waals surface area contributed by atoms with E-state index in [0.29, 0.717) is 18.8 Å². The van der Waals surface area contributed by atoms with Gasteiger partial charge in [0, 0.05) is 19.7 Å². The van der Waals surface area contributed by atoms with Gasteiger partial charge in [0.2, 0.25) is 0 Å². The molecule has 1 aliphatic rings. The number of hydrogen-bond acceptors (Lipinski definition) is 3. The SMILES string of the molecule is COCCO[C@@H]1CN[C@@H](CC(C)C)C1. The van der Waals surface area contributed by atoms with Crippen molar-refractivity contribution in [1.29, 1.82) is 0 Å². The highest BCUT2D eigenvalue weighted by Crippen LogP contribution is 2.16. The van der Waals surface area contributed by atoms with Crippen molar-refractivity contribution in [2.75, 3.05) is 26.9 Å². The topological polar surface area (TPSA) is 30.5 Å². The van der Waals surface area contributed by atoms with Gasteiger partial charge < -0.3 is 14.8 Å². The van der Waals surface area contributed by atoms with Gasteiger partial charge in [-0.15, -0.1) is 0 Å². The quantitative estimate of drug-likeness (QED) is 0.659. The lowest BCUT2D eigenvalue weighted by molar-refractivity contribution is 0.0259. The Labute approximate surface area is 87.2 Å². The molecule has 0 amide bonds. The number of hydrogen-bond donors (Lipinski definition) is 1. The molecule has 3 heteroatoms. The van der Waals surface area contributed by atoms with Crippen molar-refractivity contribution >= 4 is 0 Å². The van der Waals surface area contributed by atoms with Crippen LogP contribution in [0.15, 0.2) is 0 Å². The number of methoxy groups -OCH3 is 1. The summed E-state index contributed by atoms with van der Waals surface area (Å²) in [6.07, 6.45) is 2.81. The predicted molar refractivity (Wildman–Crippen MR) is 57.5 cm³/mol. The van der Waals surface area contributed by atoms with Crippen molar-refractivity contribution in [3.8, 4) is 0 Å². The molecule has 84 valence electrons. The Bertz CT molecular complexity index is 150. The average molecular weight is 201 g/mol. The molecule has 1 rings (SSSR count). The first-order chi connectivity index (χ1) is 6.72. The summed E-state index contributed by atoms with van der Waals surface area (Å²) < 4.78 is 10.6. The van der Waals surface area contributed by atoms with Crippen LogP contribution in [0.4, 0.5) is 0 Å². The minimum Gasteiger partial charge on any atom is -0.382 e. The van der Waals surface area contributed by atoms with E-state index in [2.05, 4.69) is 19.2 Å². The standard InChI is InChI=1S/C11H23NO2/c1-9(2)6-10-7-11(8-12-10)14-5-4-13-3/h9-12H,4-8H2,1-3H3/t10-,11-/m0/s1. The fourth-order valence-corrected chi connectivity index (χ4v) is 1.96. The fourth-order valence-electron chi connectivity index (χ4n) is 1.96. The maximum Gasteiger partial charge on any atom is 0.0715 e. The summed E-state index contributed by atoms with van der Waals surface area (Å²) in [6, 6.07) is 0.655. The summed E-state index contributed by atoms with van der Waals surface area (Å²) in [5.74, 6) is 0.769. The summed E-state index contributed by atoms with van der Waals surface area (Å²) >= 11 is 0. The molecular formula is C11H23NO2. The smallest absolute Gasteiger partial charge is 0.0715 e. The molecule has 1 aliphatic heterocycles. The first-order valence-corrected chi connectivity index (χ1v) is 5.56. The molecule has 1 N–H and O–H groups in total. The van der Waals surface area contributed by atoms with Crippen molar-refractivity contribution in [2.24, 2.45) is 5.92 Å². The van der Waals surface area contributed by atoms with E-state index in [1.165, 1.54) is 6.42 Å². The van der Waals surface area contributed by atoms with Gasteiger partial charge in [-0.05, 0) is 18.8 Å². The minimum atomic E-state index is 0.397. The second-order valence-corrected chi connectivity index (χ2v) is 4.46. The monoisotopic (exact) mass is 201 g/mol. The third kappa shape index (κ3) is 4.40. The van der Waals surface area contributed by atoms with Crippen LogP contribution in [0.3, 0.4) is 0 Å². The third-order valence-electron chi connectivity index (χ3n) is 2.58. The summed E-state index contributed by atoms with van der Waals surface area (Å²) in [6.45, 7) is 6.95. The zero-order valence-corrected chi connectivity index (χ0v) is 9.58. The molecule has 0 radical (unpaired) electrons. The van der Waals surface area contributed by atoms with Gasteiger partial charge in [-0.3, -0.25) is 0 Å². The van der Waals surface area contributed by atoms with E-state index in [4.69, 9.17) is 9.47 Å². The summed E-state index contributed by atoms with van der Waals surface area (Å²) in [4.78, 5) is 0. The molecule has 3 nitrogen and oxygen atoms in total. The largest absolute Gasteiger partial charge is 0.382 e. The first-order valence-electron chi connectivity index (χ1n) is 5.56. The Morgan fingerprint density at radius 1 is 1.36 bits per heavy atom. The molecule has 0 aromatic rings. The van der Waals surface area contributed by atoms with Crippen LogP contribution in [0, 0.1) is 5.92 Å². The number of nitrogens with one attached hydrogen (secondary N) is 1. The Kier molecular flexibility index (Phi) is 5.45. The molecule has 0 unspecified atom stereocenters. The lowest BCUT2D eigenvalue weighted by Crippen LogP contribution is -2.23. The maximum absolute atomic E-state index is 5.67. The number of ether oxygens (including phenoxy) is 2. The van der Waals surface area contributed by atoms with E-state index in [1.807, 2.05) is 0 Å². The van der Waals surface area contributed by atoms with E-state index in [-0.39, 0.29) is 0 Å². The molecule has 0 saturated carbocycles. The fraction of sp³-hybridized carbons (Fsp3) is 1.00. The summed E-state index contributed by atoms with van der Waals surface area (Å²) in [5.41, 5.74) is 0. The van der Waals surface area contributed by atoms with E-state index < -0.39 is 0 Å². The highest BCUT2D eigenvalue weighted by Gasteiger charge is 2.24. The second kappa shape index (κ2) is 6.38. The molecule has 14 heavy (non-hydrogen) atoms. The predicted octanol–water partition coefficient (Wildman–Crippen LogP) is 1.43. The minimum absolute atomic E-state index is 0.397. The Morgan fingerprint density at radius 3 is 2.79 bits per heavy atom. The summed E-state index contributed by atoms with van der Waals surface area (Å²) in [7, 11) is 1.71. The molecule has 0 bridgehead atoms. The van der Waals surface area contributed by atoms with Gasteiger partial charge in [0.1, 0.15) is 0 Å². The van der Waals surface area contributed by atoms with Gasteiger partial charge in [-0.25, -0.2) is 0 Å². The molecule has 2 atom stereocenters. The van der Waals surface area contributed by atoms with Crippen molar-refractivity contribution < 1.29 is 9.47 Å². The van der Waals surface area contributed by atoms with Crippen LogP contribution < -0.4 is 5.32 Å². The van der Waals surface area contributed by atoms with E-state index in [0.717, 1.165) is 25.5 Å². The summed E-state index contributed by atoms with van der Waals surface area (Å²) in [5, 5.41) is 3.50. The molecule has 0 spiro atoms. The second-order valence-electron chi connectivity index (χ2n) is 4.46. The van der Waals surface area contributed by atoms with Crippen molar-refractivity contribution in [1.82, 2.24) is 5.32 Å². The van der Waals surface area contributed by atoms with Crippen LogP contribution in [0.5, 0.6) is 0 Å². The molecule has 0 aliphatic carbocycles. The van der Waals surface area contributed by atoms with Gasteiger partial charge >= 0.3 is 0 Å². The zero-order valence-electron chi connectivity index (χ0n) is 9.58. The van der Waals surface area contributed by atoms with Crippen LogP contribution >= 0.6 is 0 Å². The van der Waals surface area contributed by atoms with Gasteiger partial charge in [-0.1, -0.05) is 13.8 Å². The van der Waals surface area contributed by atoms with Crippen LogP contribution in [0.25, 0.3) is 0 Å². The van der Waals surface area contributed by atoms with E-state index >= 15 is 0 Å². The van der Waals surface area contributed by atoms with Gasteiger partial charge in [-0.2, -0.15) is 0 Å². The molecule has 0 aromatic carbocycles. The van der Waals surface area contributed by atoms with Crippen molar-refractivity contribution in [3.05, 3.63) is 0 Å². The Balaban J connectivity index is 2.08. The lowest BCUT2D eigenvalue weighted by atomic mass is 10.0. The average Bonchev–Trinajstić information content (AvgIpc) is 2.52. The Morgan fingerprint density at radius 2 is 2.14 bits per heavy atom.